The lowest BCUT2D eigenvalue weighted by atomic mass is 10.2. The van der Waals surface area contributed by atoms with E-state index in [1.54, 1.807) is 0 Å². The Morgan fingerprint density at radius 2 is 2.17 bits per heavy atom. The van der Waals surface area contributed by atoms with E-state index in [0.29, 0.717) is 0 Å². The molecule has 0 spiro atoms. The lowest BCUT2D eigenvalue weighted by Crippen LogP contribution is -2.00. The second-order valence-electron chi connectivity index (χ2n) is 2.91. The summed E-state index contributed by atoms with van der Waals surface area (Å²) in [5, 5.41) is 3.34. The highest BCUT2D eigenvalue weighted by molar-refractivity contribution is 9.10. The zero-order chi connectivity index (χ0) is 8.97. The quantitative estimate of drug-likeness (QED) is 0.833. The molecule has 0 heterocycles. The van der Waals surface area contributed by atoms with Crippen molar-refractivity contribution < 1.29 is 0 Å². The molecule has 0 atom stereocenters. The molecule has 0 aliphatic carbocycles. The zero-order valence-electron chi connectivity index (χ0n) is 7.52. The van der Waals surface area contributed by atoms with Crippen LogP contribution >= 0.6 is 15.9 Å². The van der Waals surface area contributed by atoms with E-state index in [2.05, 4.69) is 53.3 Å². The molecule has 0 aliphatic heterocycles. The van der Waals surface area contributed by atoms with E-state index in [4.69, 9.17) is 0 Å². The van der Waals surface area contributed by atoms with Gasteiger partial charge in [0.05, 0.1) is 0 Å². The molecule has 1 aromatic carbocycles. The SMILES string of the molecule is CCCNc1ccc(C)cc1Br. The molecule has 12 heavy (non-hydrogen) atoms. The number of anilines is 1. The number of hydrogen-bond donors (Lipinski definition) is 1. The number of halogens is 1. The van der Waals surface area contributed by atoms with Gasteiger partial charge in [-0.3, -0.25) is 0 Å². The molecule has 1 rings (SSSR count). The van der Waals surface area contributed by atoms with Crippen molar-refractivity contribution in [3.8, 4) is 0 Å². The standard InChI is InChI=1S/C10H14BrN/c1-3-6-12-10-5-4-8(2)7-9(10)11/h4-5,7,12H,3,6H2,1-2H3. The summed E-state index contributed by atoms with van der Waals surface area (Å²) in [7, 11) is 0. The molecule has 0 saturated heterocycles. The normalized spacial score (nSPS) is 9.92. The smallest absolute Gasteiger partial charge is 0.0484 e. The van der Waals surface area contributed by atoms with Gasteiger partial charge < -0.3 is 5.32 Å². The van der Waals surface area contributed by atoms with E-state index in [9.17, 15) is 0 Å². The average Bonchev–Trinajstić information content (AvgIpc) is 2.03. The molecule has 1 aromatic rings. The van der Waals surface area contributed by atoms with Crippen molar-refractivity contribution in [2.75, 3.05) is 11.9 Å². The van der Waals surface area contributed by atoms with Crippen LogP contribution in [0.1, 0.15) is 18.9 Å². The summed E-state index contributed by atoms with van der Waals surface area (Å²) in [4.78, 5) is 0. The number of rotatable bonds is 3. The average molecular weight is 228 g/mol. The van der Waals surface area contributed by atoms with Gasteiger partial charge in [-0.15, -0.1) is 0 Å². The van der Waals surface area contributed by atoms with Gasteiger partial charge in [0, 0.05) is 16.7 Å². The Hall–Kier alpha value is -0.500. The fourth-order valence-corrected chi connectivity index (χ4v) is 1.66. The molecule has 0 fully saturated rings. The molecular formula is C10H14BrN. The van der Waals surface area contributed by atoms with Crippen molar-refractivity contribution in [3.05, 3.63) is 28.2 Å². The summed E-state index contributed by atoms with van der Waals surface area (Å²) in [6.45, 7) is 5.28. The second kappa shape index (κ2) is 4.51. The van der Waals surface area contributed by atoms with Crippen molar-refractivity contribution in [3.63, 3.8) is 0 Å². The third-order valence-corrected chi connectivity index (χ3v) is 2.35. The Kier molecular flexibility index (Phi) is 3.60. The largest absolute Gasteiger partial charge is 0.384 e. The van der Waals surface area contributed by atoms with Gasteiger partial charge in [-0.05, 0) is 47.0 Å². The molecule has 0 unspecified atom stereocenters. The van der Waals surface area contributed by atoms with Crippen LogP contribution in [0, 0.1) is 6.92 Å². The maximum absolute atomic E-state index is 3.51. The van der Waals surface area contributed by atoms with E-state index >= 15 is 0 Å². The molecular weight excluding hydrogens is 214 g/mol. The fourth-order valence-electron chi connectivity index (χ4n) is 1.02. The maximum Gasteiger partial charge on any atom is 0.0484 e. The zero-order valence-corrected chi connectivity index (χ0v) is 9.11. The summed E-state index contributed by atoms with van der Waals surface area (Å²) in [6, 6.07) is 6.34. The molecule has 0 aromatic heterocycles. The lowest BCUT2D eigenvalue weighted by Gasteiger charge is -2.07. The van der Waals surface area contributed by atoms with Gasteiger partial charge >= 0.3 is 0 Å². The Labute approximate surface area is 82.3 Å². The first-order valence-corrected chi connectivity index (χ1v) is 5.03. The van der Waals surface area contributed by atoms with Crippen molar-refractivity contribution in [2.45, 2.75) is 20.3 Å². The monoisotopic (exact) mass is 227 g/mol. The minimum atomic E-state index is 1.03. The molecule has 1 nitrogen and oxygen atoms in total. The molecule has 1 N–H and O–H groups in total. The highest BCUT2D eigenvalue weighted by Crippen LogP contribution is 2.22. The van der Waals surface area contributed by atoms with Crippen molar-refractivity contribution in [1.29, 1.82) is 0 Å². The molecule has 0 amide bonds. The predicted molar refractivity (Wildman–Crippen MR) is 57.7 cm³/mol. The van der Waals surface area contributed by atoms with E-state index in [1.165, 1.54) is 11.3 Å². The first kappa shape index (κ1) is 9.59. The minimum Gasteiger partial charge on any atom is -0.384 e. The number of benzene rings is 1. The van der Waals surface area contributed by atoms with E-state index in [1.807, 2.05) is 0 Å². The van der Waals surface area contributed by atoms with Crippen LogP contribution in [-0.4, -0.2) is 6.54 Å². The third kappa shape index (κ3) is 2.52. The second-order valence-corrected chi connectivity index (χ2v) is 3.76. The van der Waals surface area contributed by atoms with Gasteiger partial charge in [-0.1, -0.05) is 13.0 Å². The summed E-state index contributed by atoms with van der Waals surface area (Å²) < 4.78 is 1.15. The Morgan fingerprint density at radius 3 is 2.75 bits per heavy atom. The summed E-state index contributed by atoms with van der Waals surface area (Å²) >= 11 is 3.51. The van der Waals surface area contributed by atoms with Crippen LogP contribution in [0.4, 0.5) is 5.69 Å². The van der Waals surface area contributed by atoms with Gasteiger partial charge in [0.15, 0.2) is 0 Å². The highest BCUT2D eigenvalue weighted by atomic mass is 79.9. The molecule has 0 aliphatic rings. The van der Waals surface area contributed by atoms with Crippen LogP contribution in [0.3, 0.4) is 0 Å². The van der Waals surface area contributed by atoms with E-state index in [-0.39, 0.29) is 0 Å². The van der Waals surface area contributed by atoms with Crippen LogP contribution < -0.4 is 5.32 Å². The number of nitrogens with one attached hydrogen (secondary N) is 1. The summed E-state index contributed by atoms with van der Waals surface area (Å²) in [6.07, 6.45) is 1.15. The first-order chi connectivity index (χ1) is 5.74. The lowest BCUT2D eigenvalue weighted by molar-refractivity contribution is 0.978. The van der Waals surface area contributed by atoms with Crippen molar-refractivity contribution >= 4 is 21.6 Å². The van der Waals surface area contributed by atoms with Crippen LogP contribution in [0.5, 0.6) is 0 Å². The van der Waals surface area contributed by atoms with Crippen LogP contribution in [0.15, 0.2) is 22.7 Å². The van der Waals surface area contributed by atoms with Gasteiger partial charge in [-0.25, -0.2) is 0 Å². The van der Waals surface area contributed by atoms with Gasteiger partial charge in [0.2, 0.25) is 0 Å². The van der Waals surface area contributed by atoms with Crippen LogP contribution in [-0.2, 0) is 0 Å². The minimum absolute atomic E-state index is 1.03. The fraction of sp³-hybridized carbons (Fsp3) is 0.400. The molecule has 2 heteroatoms. The topological polar surface area (TPSA) is 12.0 Å². The van der Waals surface area contributed by atoms with Crippen LogP contribution in [0.25, 0.3) is 0 Å². The molecule has 0 bridgehead atoms. The Morgan fingerprint density at radius 1 is 1.42 bits per heavy atom. The van der Waals surface area contributed by atoms with Crippen LogP contribution in [0.2, 0.25) is 0 Å². The maximum atomic E-state index is 3.51. The molecule has 0 saturated carbocycles. The summed E-state index contributed by atoms with van der Waals surface area (Å²) in [5.74, 6) is 0. The van der Waals surface area contributed by atoms with Gasteiger partial charge in [-0.2, -0.15) is 0 Å². The van der Waals surface area contributed by atoms with Gasteiger partial charge in [0.25, 0.3) is 0 Å². The number of aryl methyl sites for hydroxylation is 1. The molecule has 0 radical (unpaired) electrons. The Balaban J connectivity index is 2.72. The van der Waals surface area contributed by atoms with E-state index in [0.717, 1.165) is 17.4 Å². The highest BCUT2D eigenvalue weighted by Gasteiger charge is 1.96. The predicted octanol–water partition coefficient (Wildman–Crippen LogP) is 3.58. The first-order valence-electron chi connectivity index (χ1n) is 4.24. The van der Waals surface area contributed by atoms with Gasteiger partial charge in [0.1, 0.15) is 0 Å². The third-order valence-electron chi connectivity index (χ3n) is 1.69. The molecule has 66 valence electrons. The number of hydrogen-bond acceptors (Lipinski definition) is 1. The van der Waals surface area contributed by atoms with E-state index < -0.39 is 0 Å². The van der Waals surface area contributed by atoms with Crippen molar-refractivity contribution in [2.24, 2.45) is 0 Å². The van der Waals surface area contributed by atoms with Crippen molar-refractivity contribution in [1.82, 2.24) is 0 Å². The Bertz CT molecular complexity index is 258. The summed E-state index contributed by atoms with van der Waals surface area (Å²) in [5.41, 5.74) is 2.46.